The molecule has 2 aromatic carbocycles. The van der Waals surface area contributed by atoms with Gasteiger partial charge in [0.1, 0.15) is 12.4 Å². The number of hydrogen-bond acceptors (Lipinski definition) is 2. The van der Waals surface area contributed by atoms with E-state index in [0.717, 1.165) is 22.8 Å². The van der Waals surface area contributed by atoms with Crippen LogP contribution in [0.4, 0.5) is 5.69 Å². The average molecular weight is 305 g/mol. The van der Waals surface area contributed by atoms with Gasteiger partial charge in [0.25, 0.3) is 0 Å². The molecule has 0 saturated carbocycles. The van der Waals surface area contributed by atoms with Crippen LogP contribution in [0, 0.1) is 6.92 Å². The van der Waals surface area contributed by atoms with Crippen molar-refractivity contribution in [2.75, 3.05) is 5.32 Å². The Labute approximate surface area is 135 Å². The summed E-state index contributed by atoms with van der Waals surface area (Å²) < 4.78 is 0. The highest BCUT2D eigenvalue weighted by molar-refractivity contribution is 5.92. The summed E-state index contributed by atoms with van der Waals surface area (Å²) in [6.07, 6.45) is 1.81. The van der Waals surface area contributed by atoms with Crippen molar-refractivity contribution >= 4 is 11.6 Å². The van der Waals surface area contributed by atoms with Gasteiger partial charge >= 0.3 is 0 Å². The number of imidazole rings is 1. The van der Waals surface area contributed by atoms with Gasteiger partial charge in [0.15, 0.2) is 5.96 Å². The van der Waals surface area contributed by atoms with E-state index in [0.29, 0.717) is 12.5 Å². The van der Waals surface area contributed by atoms with Crippen molar-refractivity contribution in [2.24, 2.45) is 10.7 Å². The largest absolute Gasteiger partial charge is 0.370 e. The highest BCUT2D eigenvalue weighted by atomic mass is 15.1. The van der Waals surface area contributed by atoms with E-state index in [9.17, 15) is 0 Å². The normalized spacial score (nSPS) is 11.4. The second-order valence-corrected chi connectivity index (χ2v) is 5.31. The molecule has 0 aliphatic rings. The number of anilines is 1. The molecule has 5 nitrogen and oxygen atoms in total. The van der Waals surface area contributed by atoms with Crippen LogP contribution in [-0.4, -0.2) is 15.9 Å². The SMILES string of the molecule is Cc1cccc(NC(N)=NCc2ncc(-c3ccccc3)[nH]2)c1. The molecule has 0 saturated heterocycles. The Morgan fingerprint density at radius 2 is 2.00 bits per heavy atom. The molecule has 0 aliphatic carbocycles. The second kappa shape index (κ2) is 6.79. The van der Waals surface area contributed by atoms with E-state index in [-0.39, 0.29) is 0 Å². The molecule has 0 radical (unpaired) electrons. The minimum Gasteiger partial charge on any atom is -0.370 e. The van der Waals surface area contributed by atoms with Gasteiger partial charge in [-0.15, -0.1) is 0 Å². The quantitative estimate of drug-likeness (QED) is 0.511. The van der Waals surface area contributed by atoms with Crippen LogP contribution >= 0.6 is 0 Å². The number of aromatic nitrogens is 2. The van der Waals surface area contributed by atoms with E-state index in [1.807, 2.05) is 67.7 Å². The van der Waals surface area contributed by atoms with Gasteiger partial charge in [-0.1, -0.05) is 42.5 Å². The lowest BCUT2D eigenvalue weighted by Crippen LogP contribution is -2.22. The van der Waals surface area contributed by atoms with Crippen LogP contribution in [0.5, 0.6) is 0 Å². The summed E-state index contributed by atoms with van der Waals surface area (Å²) >= 11 is 0. The Bertz CT molecular complexity index is 805. The van der Waals surface area contributed by atoms with Gasteiger partial charge in [-0.05, 0) is 30.2 Å². The molecule has 3 rings (SSSR count). The molecule has 5 heteroatoms. The van der Waals surface area contributed by atoms with Crippen molar-refractivity contribution in [3.8, 4) is 11.3 Å². The highest BCUT2D eigenvalue weighted by Gasteiger charge is 2.02. The third kappa shape index (κ3) is 3.97. The van der Waals surface area contributed by atoms with Crippen molar-refractivity contribution in [3.63, 3.8) is 0 Å². The number of nitrogens with one attached hydrogen (secondary N) is 2. The van der Waals surface area contributed by atoms with E-state index >= 15 is 0 Å². The van der Waals surface area contributed by atoms with Crippen LogP contribution in [0.25, 0.3) is 11.3 Å². The van der Waals surface area contributed by atoms with Crippen molar-refractivity contribution in [1.82, 2.24) is 9.97 Å². The van der Waals surface area contributed by atoms with Gasteiger partial charge < -0.3 is 16.0 Å². The number of guanidine groups is 1. The number of hydrogen-bond donors (Lipinski definition) is 3. The molecule has 1 heterocycles. The van der Waals surface area contributed by atoms with Crippen molar-refractivity contribution in [3.05, 3.63) is 72.2 Å². The van der Waals surface area contributed by atoms with Crippen LogP contribution in [0.1, 0.15) is 11.4 Å². The fourth-order valence-electron chi connectivity index (χ4n) is 2.28. The summed E-state index contributed by atoms with van der Waals surface area (Å²) in [5, 5.41) is 3.08. The molecule has 0 bridgehead atoms. The van der Waals surface area contributed by atoms with Crippen LogP contribution in [0.2, 0.25) is 0 Å². The zero-order chi connectivity index (χ0) is 16.1. The monoisotopic (exact) mass is 305 g/mol. The van der Waals surface area contributed by atoms with Crippen molar-refractivity contribution in [1.29, 1.82) is 0 Å². The number of aryl methyl sites for hydroxylation is 1. The molecule has 116 valence electrons. The van der Waals surface area contributed by atoms with Gasteiger partial charge in [0.05, 0.1) is 11.9 Å². The summed E-state index contributed by atoms with van der Waals surface area (Å²) in [6.45, 7) is 2.43. The molecular formula is C18H19N5. The van der Waals surface area contributed by atoms with E-state index < -0.39 is 0 Å². The zero-order valence-electron chi connectivity index (χ0n) is 13.0. The molecule has 0 aliphatic heterocycles. The Hall–Kier alpha value is -3.08. The molecule has 0 spiro atoms. The lowest BCUT2D eigenvalue weighted by Gasteiger charge is -2.05. The Morgan fingerprint density at radius 1 is 1.17 bits per heavy atom. The Balaban J connectivity index is 1.64. The van der Waals surface area contributed by atoms with Gasteiger partial charge in [0, 0.05) is 5.69 Å². The molecular weight excluding hydrogens is 286 g/mol. The summed E-state index contributed by atoms with van der Waals surface area (Å²) in [6, 6.07) is 18.0. The number of nitrogens with two attached hydrogens (primary N) is 1. The minimum atomic E-state index is 0.369. The third-order valence-electron chi connectivity index (χ3n) is 3.40. The van der Waals surface area contributed by atoms with Gasteiger partial charge in [0.2, 0.25) is 0 Å². The maximum atomic E-state index is 5.92. The number of rotatable bonds is 4. The lowest BCUT2D eigenvalue weighted by molar-refractivity contribution is 0.947. The van der Waals surface area contributed by atoms with Crippen LogP contribution in [-0.2, 0) is 6.54 Å². The molecule has 0 fully saturated rings. The number of aliphatic imine (C=N–C) groups is 1. The van der Waals surface area contributed by atoms with Crippen molar-refractivity contribution < 1.29 is 0 Å². The molecule has 3 aromatic rings. The minimum absolute atomic E-state index is 0.369. The molecule has 4 N–H and O–H groups in total. The van der Waals surface area contributed by atoms with Crippen LogP contribution in [0.15, 0.2) is 65.8 Å². The predicted molar refractivity (Wildman–Crippen MR) is 94.2 cm³/mol. The first-order valence-corrected chi connectivity index (χ1v) is 7.43. The van der Waals surface area contributed by atoms with E-state index in [4.69, 9.17) is 5.73 Å². The summed E-state index contributed by atoms with van der Waals surface area (Å²) in [5.74, 6) is 1.14. The Morgan fingerprint density at radius 3 is 2.78 bits per heavy atom. The molecule has 23 heavy (non-hydrogen) atoms. The number of nitrogens with zero attached hydrogens (tertiary/aromatic N) is 2. The van der Waals surface area contributed by atoms with Gasteiger partial charge in [-0.25, -0.2) is 9.98 Å². The second-order valence-electron chi connectivity index (χ2n) is 5.31. The first-order chi connectivity index (χ1) is 11.2. The number of aromatic amines is 1. The Kier molecular flexibility index (Phi) is 4.38. The van der Waals surface area contributed by atoms with Gasteiger partial charge in [-0.3, -0.25) is 0 Å². The standard InChI is InChI=1S/C18H19N5/c1-13-6-5-9-15(10-13)22-18(19)21-12-17-20-11-16(23-17)14-7-3-2-4-8-14/h2-11H,12H2,1H3,(H,20,23)(H3,19,21,22). The number of H-pyrrole nitrogens is 1. The zero-order valence-corrected chi connectivity index (χ0v) is 13.0. The fourth-order valence-corrected chi connectivity index (χ4v) is 2.28. The first-order valence-electron chi connectivity index (χ1n) is 7.43. The molecule has 0 unspecified atom stereocenters. The maximum Gasteiger partial charge on any atom is 0.193 e. The van der Waals surface area contributed by atoms with Crippen LogP contribution < -0.4 is 11.1 Å². The molecule has 0 amide bonds. The fraction of sp³-hybridized carbons (Fsp3) is 0.111. The van der Waals surface area contributed by atoms with Gasteiger partial charge in [-0.2, -0.15) is 0 Å². The smallest absolute Gasteiger partial charge is 0.193 e. The number of benzene rings is 2. The molecule has 0 atom stereocenters. The topological polar surface area (TPSA) is 79.1 Å². The highest BCUT2D eigenvalue weighted by Crippen LogP contribution is 2.16. The van der Waals surface area contributed by atoms with Crippen molar-refractivity contribution in [2.45, 2.75) is 13.5 Å². The first kappa shape index (κ1) is 14.8. The lowest BCUT2D eigenvalue weighted by atomic mass is 10.2. The summed E-state index contributed by atoms with van der Waals surface area (Å²) in [7, 11) is 0. The van der Waals surface area contributed by atoms with E-state index in [2.05, 4.69) is 20.3 Å². The predicted octanol–water partition coefficient (Wildman–Crippen LogP) is 3.31. The molecule has 1 aromatic heterocycles. The van der Waals surface area contributed by atoms with E-state index in [1.54, 1.807) is 0 Å². The van der Waals surface area contributed by atoms with Crippen LogP contribution in [0.3, 0.4) is 0 Å². The average Bonchev–Trinajstić information content (AvgIpc) is 3.03. The summed E-state index contributed by atoms with van der Waals surface area (Å²) in [4.78, 5) is 11.9. The maximum absolute atomic E-state index is 5.92. The summed E-state index contributed by atoms with van der Waals surface area (Å²) in [5.41, 5.74) is 10.1. The third-order valence-corrected chi connectivity index (χ3v) is 3.40. The van der Waals surface area contributed by atoms with E-state index in [1.165, 1.54) is 5.56 Å².